The summed E-state index contributed by atoms with van der Waals surface area (Å²) >= 11 is 0. The lowest BCUT2D eigenvalue weighted by atomic mass is 10.0. The third kappa shape index (κ3) is 3.84. The van der Waals surface area contributed by atoms with E-state index in [0.717, 1.165) is 29.9 Å². The van der Waals surface area contributed by atoms with Gasteiger partial charge in [0.2, 0.25) is 0 Å². The fraction of sp³-hybridized carbons (Fsp3) is 0.261. The highest BCUT2D eigenvalue weighted by atomic mass is 16.4. The fourth-order valence-corrected chi connectivity index (χ4v) is 4.02. The van der Waals surface area contributed by atoms with Gasteiger partial charge in [-0.25, -0.2) is 0 Å². The minimum absolute atomic E-state index is 0.339. The monoisotopic (exact) mass is 421 g/mol. The second-order valence-electron chi connectivity index (χ2n) is 7.64. The molecule has 8 heteroatoms. The number of nitrogens with zero attached hydrogens (tertiary/aromatic N) is 2. The lowest BCUT2D eigenvalue weighted by Gasteiger charge is -2.18. The van der Waals surface area contributed by atoms with Crippen LogP contribution in [0.4, 0.5) is 5.69 Å². The van der Waals surface area contributed by atoms with E-state index in [9.17, 15) is 19.5 Å². The van der Waals surface area contributed by atoms with Crippen molar-refractivity contribution in [2.75, 3.05) is 24.5 Å². The predicted molar refractivity (Wildman–Crippen MR) is 118 cm³/mol. The molecule has 0 unspecified atom stereocenters. The average Bonchev–Trinajstić information content (AvgIpc) is 3.31. The van der Waals surface area contributed by atoms with E-state index in [4.69, 9.17) is 5.11 Å². The summed E-state index contributed by atoms with van der Waals surface area (Å²) < 4.78 is 1.27. The summed E-state index contributed by atoms with van der Waals surface area (Å²) in [6, 6.07) is 13.5. The molecule has 2 heterocycles. The zero-order valence-electron chi connectivity index (χ0n) is 17.1. The molecule has 0 spiro atoms. The second kappa shape index (κ2) is 8.14. The maximum absolute atomic E-state index is 12.6. The van der Waals surface area contributed by atoms with Gasteiger partial charge >= 0.3 is 5.97 Å². The molecule has 0 bridgehead atoms. The molecule has 1 saturated heterocycles. The zero-order chi connectivity index (χ0) is 22.1. The molecule has 1 amide bonds. The summed E-state index contributed by atoms with van der Waals surface area (Å²) in [7, 11) is 1.51. The first-order valence-corrected chi connectivity index (χ1v) is 10.1. The van der Waals surface area contributed by atoms with Gasteiger partial charge in [0.15, 0.2) is 0 Å². The molecule has 1 aliphatic rings. The van der Waals surface area contributed by atoms with E-state index in [1.807, 2.05) is 18.2 Å². The number of carbonyl (C=O) groups excluding carboxylic acids is 1. The summed E-state index contributed by atoms with van der Waals surface area (Å²) in [5.41, 5.74) is 2.22. The Kier molecular flexibility index (Phi) is 5.37. The lowest BCUT2D eigenvalue weighted by molar-refractivity contribution is -0.135. The number of benzene rings is 2. The number of carboxylic acids is 1. The molecule has 1 fully saturated rings. The molecular formula is C23H23N3O5. The molecule has 0 aliphatic carbocycles. The number of anilines is 1. The first-order valence-electron chi connectivity index (χ1n) is 10.1. The molecule has 160 valence electrons. The van der Waals surface area contributed by atoms with Gasteiger partial charge in [-0.2, -0.15) is 0 Å². The van der Waals surface area contributed by atoms with Gasteiger partial charge in [-0.15, -0.1) is 0 Å². The standard InChI is InChI=1S/C23H23N3O5/c1-25-18-8-7-15(14-5-4-6-16(11-14)26-9-2-3-10-26)12-17(18)21(29)20(23(25)31)22(30)24-13-19(27)28/h4-8,11-12,29H,2-3,9-10,13H2,1H3,(H,24,30)(H,27,28). The molecular weight excluding hydrogens is 398 g/mol. The molecule has 31 heavy (non-hydrogen) atoms. The molecule has 0 saturated carbocycles. The Morgan fingerprint density at radius 3 is 2.48 bits per heavy atom. The number of aromatic hydroxyl groups is 1. The summed E-state index contributed by atoms with van der Waals surface area (Å²) in [6.45, 7) is 1.40. The number of aliphatic carboxylic acids is 1. The number of pyridine rings is 1. The summed E-state index contributed by atoms with van der Waals surface area (Å²) in [6.07, 6.45) is 2.35. The number of hydrogen-bond acceptors (Lipinski definition) is 5. The highest BCUT2D eigenvalue weighted by Crippen LogP contribution is 2.32. The maximum Gasteiger partial charge on any atom is 0.322 e. The van der Waals surface area contributed by atoms with Crippen LogP contribution in [0, 0.1) is 0 Å². The Bertz CT molecular complexity index is 1240. The highest BCUT2D eigenvalue weighted by molar-refractivity contribution is 6.03. The molecule has 0 atom stereocenters. The summed E-state index contributed by atoms with van der Waals surface area (Å²) in [5.74, 6) is -2.63. The molecule has 4 rings (SSSR count). The van der Waals surface area contributed by atoms with Crippen LogP contribution in [-0.4, -0.2) is 46.3 Å². The lowest BCUT2D eigenvalue weighted by Crippen LogP contribution is -2.35. The molecule has 1 aliphatic heterocycles. The van der Waals surface area contributed by atoms with Crippen molar-refractivity contribution in [2.45, 2.75) is 12.8 Å². The van der Waals surface area contributed by atoms with Crippen LogP contribution in [0.5, 0.6) is 5.75 Å². The second-order valence-corrected chi connectivity index (χ2v) is 7.64. The number of amides is 1. The van der Waals surface area contributed by atoms with Crippen molar-refractivity contribution in [1.29, 1.82) is 0 Å². The van der Waals surface area contributed by atoms with Crippen molar-refractivity contribution in [3.8, 4) is 16.9 Å². The van der Waals surface area contributed by atoms with Gasteiger partial charge in [-0.1, -0.05) is 18.2 Å². The Morgan fingerprint density at radius 2 is 1.77 bits per heavy atom. The number of nitrogens with one attached hydrogen (secondary N) is 1. The van der Waals surface area contributed by atoms with Crippen molar-refractivity contribution in [3.05, 3.63) is 58.4 Å². The summed E-state index contributed by atoms with van der Waals surface area (Å²) in [4.78, 5) is 38.1. The molecule has 2 aromatic carbocycles. The SMILES string of the molecule is Cn1c(=O)c(C(=O)NCC(=O)O)c(O)c2cc(-c3cccc(N4CCCC4)c3)ccc21. The number of rotatable bonds is 5. The first kappa shape index (κ1) is 20.5. The molecule has 3 N–H and O–H groups in total. The van der Waals surface area contributed by atoms with E-state index in [1.165, 1.54) is 24.5 Å². The van der Waals surface area contributed by atoms with E-state index >= 15 is 0 Å². The van der Waals surface area contributed by atoms with E-state index in [1.54, 1.807) is 12.1 Å². The number of carbonyl (C=O) groups is 2. The number of fused-ring (bicyclic) bond motifs is 1. The van der Waals surface area contributed by atoms with Gasteiger partial charge < -0.3 is 25.0 Å². The van der Waals surface area contributed by atoms with E-state index < -0.39 is 35.3 Å². The Balaban J connectivity index is 1.80. The van der Waals surface area contributed by atoms with Gasteiger partial charge in [-0.05, 0) is 48.2 Å². The van der Waals surface area contributed by atoms with Gasteiger partial charge in [0, 0.05) is 31.2 Å². The number of aryl methyl sites for hydroxylation is 1. The average molecular weight is 421 g/mol. The molecule has 8 nitrogen and oxygen atoms in total. The minimum Gasteiger partial charge on any atom is -0.506 e. The van der Waals surface area contributed by atoms with E-state index in [2.05, 4.69) is 22.3 Å². The van der Waals surface area contributed by atoms with Crippen LogP contribution in [0.2, 0.25) is 0 Å². The van der Waals surface area contributed by atoms with Crippen LogP contribution in [0.15, 0.2) is 47.3 Å². The van der Waals surface area contributed by atoms with Crippen LogP contribution in [0.3, 0.4) is 0 Å². The highest BCUT2D eigenvalue weighted by Gasteiger charge is 2.22. The third-order valence-corrected chi connectivity index (χ3v) is 5.65. The normalized spacial score (nSPS) is 13.5. The number of hydrogen-bond donors (Lipinski definition) is 3. The largest absolute Gasteiger partial charge is 0.506 e. The van der Waals surface area contributed by atoms with Gasteiger partial charge in [0.1, 0.15) is 17.9 Å². The minimum atomic E-state index is -1.24. The van der Waals surface area contributed by atoms with Crippen molar-refractivity contribution in [3.63, 3.8) is 0 Å². The van der Waals surface area contributed by atoms with Crippen molar-refractivity contribution < 1.29 is 19.8 Å². The van der Waals surface area contributed by atoms with Gasteiger partial charge in [0.05, 0.1) is 5.52 Å². The number of carboxylic acid groups (broad SMARTS) is 1. The van der Waals surface area contributed by atoms with E-state index in [0.29, 0.717) is 10.9 Å². The van der Waals surface area contributed by atoms with Crippen molar-refractivity contribution >= 4 is 28.5 Å². The molecule has 0 radical (unpaired) electrons. The van der Waals surface area contributed by atoms with Crippen LogP contribution in [-0.2, 0) is 11.8 Å². The van der Waals surface area contributed by atoms with Crippen molar-refractivity contribution in [2.24, 2.45) is 7.05 Å². The Morgan fingerprint density at radius 1 is 1.06 bits per heavy atom. The smallest absolute Gasteiger partial charge is 0.322 e. The van der Waals surface area contributed by atoms with Crippen LogP contribution in [0.25, 0.3) is 22.0 Å². The Hall–Kier alpha value is -3.81. The quantitative estimate of drug-likeness (QED) is 0.583. The molecule has 1 aromatic heterocycles. The first-order chi connectivity index (χ1) is 14.9. The predicted octanol–water partition coefficient (Wildman–Crippen LogP) is 2.33. The number of aromatic nitrogens is 1. The van der Waals surface area contributed by atoms with Crippen LogP contribution < -0.4 is 15.8 Å². The van der Waals surface area contributed by atoms with Crippen molar-refractivity contribution in [1.82, 2.24) is 9.88 Å². The summed E-state index contributed by atoms with van der Waals surface area (Å²) in [5, 5.41) is 22.0. The van der Waals surface area contributed by atoms with Gasteiger partial charge in [-0.3, -0.25) is 14.4 Å². The topological polar surface area (TPSA) is 112 Å². The third-order valence-electron chi connectivity index (χ3n) is 5.65. The van der Waals surface area contributed by atoms with E-state index in [-0.39, 0.29) is 0 Å². The maximum atomic E-state index is 12.6. The van der Waals surface area contributed by atoms with Crippen LogP contribution >= 0.6 is 0 Å². The van der Waals surface area contributed by atoms with Crippen LogP contribution in [0.1, 0.15) is 23.2 Å². The Labute approximate surface area is 178 Å². The zero-order valence-corrected chi connectivity index (χ0v) is 17.1. The fourth-order valence-electron chi connectivity index (χ4n) is 4.02. The molecule has 3 aromatic rings. The van der Waals surface area contributed by atoms with Gasteiger partial charge in [0.25, 0.3) is 11.5 Å².